The predicted molar refractivity (Wildman–Crippen MR) is 61.9 cm³/mol. The summed E-state index contributed by atoms with van der Waals surface area (Å²) < 4.78 is 4.45. The number of ketones is 1. The molecule has 1 saturated heterocycles. The standard InChI is InChI=1S/C10H19NO3S/c1-14-10(13)7-9(12)8-15(11)5-3-2-4-6-15/h2-8,11H2,1H3. The van der Waals surface area contributed by atoms with Gasteiger partial charge in [-0.05, 0) is 24.3 Å². The van der Waals surface area contributed by atoms with Gasteiger partial charge in [0.05, 0.1) is 7.11 Å². The largest absolute Gasteiger partial charge is 0.469 e. The first kappa shape index (κ1) is 12.5. The lowest BCUT2D eigenvalue weighted by atomic mass is 10.3. The second kappa shape index (κ2) is 5.51. The van der Waals surface area contributed by atoms with Crippen LogP contribution in [0.3, 0.4) is 0 Å². The number of carbonyl (C=O) groups excluding carboxylic acids is 2. The van der Waals surface area contributed by atoms with Crippen LogP contribution in [0.5, 0.6) is 0 Å². The molecule has 0 amide bonds. The minimum Gasteiger partial charge on any atom is -0.469 e. The van der Waals surface area contributed by atoms with Crippen LogP contribution in [0, 0.1) is 0 Å². The molecule has 0 unspecified atom stereocenters. The first-order valence-corrected chi connectivity index (χ1v) is 7.39. The number of methoxy groups -OCH3 is 1. The molecule has 0 aromatic carbocycles. The molecule has 0 aromatic rings. The molecule has 1 aliphatic rings. The molecule has 2 N–H and O–H groups in total. The van der Waals surface area contributed by atoms with Gasteiger partial charge in [0, 0.05) is 5.75 Å². The Morgan fingerprint density at radius 1 is 1.27 bits per heavy atom. The van der Waals surface area contributed by atoms with E-state index in [2.05, 4.69) is 4.74 Å². The van der Waals surface area contributed by atoms with Crippen molar-refractivity contribution in [3.63, 3.8) is 0 Å². The van der Waals surface area contributed by atoms with Crippen LogP contribution in [0.25, 0.3) is 0 Å². The summed E-state index contributed by atoms with van der Waals surface area (Å²) in [5.74, 6) is 1.81. The van der Waals surface area contributed by atoms with Gasteiger partial charge in [-0.25, -0.2) is 0 Å². The minimum absolute atomic E-state index is 0.0683. The second-order valence-corrected chi connectivity index (χ2v) is 7.35. The van der Waals surface area contributed by atoms with E-state index >= 15 is 0 Å². The molecule has 1 fully saturated rings. The molecule has 0 radical (unpaired) electrons. The molecular weight excluding hydrogens is 214 g/mol. The molecule has 1 rings (SSSR count). The van der Waals surface area contributed by atoms with Crippen LogP contribution in [-0.4, -0.2) is 36.1 Å². The van der Waals surface area contributed by atoms with Gasteiger partial charge in [-0.2, -0.15) is 10.2 Å². The third-order valence-electron chi connectivity index (χ3n) is 2.62. The maximum Gasteiger partial charge on any atom is 0.313 e. The Bertz CT molecular complexity index is 249. The van der Waals surface area contributed by atoms with Gasteiger partial charge in [-0.15, -0.1) is 0 Å². The summed E-state index contributed by atoms with van der Waals surface area (Å²) in [6.07, 6.45) is 3.34. The fourth-order valence-corrected chi connectivity index (χ4v) is 4.60. The lowest BCUT2D eigenvalue weighted by Crippen LogP contribution is -2.30. The van der Waals surface area contributed by atoms with Crippen LogP contribution in [0.2, 0.25) is 0 Å². The molecule has 15 heavy (non-hydrogen) atoms. The fourth-order valence-electron chi connectivity index (χ4n) is 1.81. The summed E-state index contributed by atoms with van der Waals surface area (Å²) in [5, 5.41) is 6.19. The summed E-state index contributed by atoms with van der Waals surface area (Å²) >= 11 is 0. The number of nitrogens with two attached hydrogens (primary N) is 1. The topological polar surface area (TPSA) is 69.4 Å². The third kappa shape index (κ3) is 4.22. The number of esters is 1. The van der Waals surface area contributed by atoms with Crippen LogP contribution in [0.1, 0.15) is 25.7 Å². The maximum atomic E-state index is 11.5. The molecule has 0 saturated carbocycles. The van der Waals surface area contributed by atoms with Gasteiger partial charge in [0.15, 0.2) is 5.78 Å². The number of Topliss-reactive ketones (excluding diaryl/α,β-unsaturated/α-hetero) is 1. The molecular formula is C10H19NO3S. The number of rotatable bonds is 4. The van der Waals surface area contributed by atoms with Gasteiger partial charge in [0.25, 0.3) is 0 Å². The predicted octanol–water partition coefficient (Wildman–Crippen LogP) is 0.981. The van der Waals surface area contributed by atoms with E-state index in [0.717, 1.165) is 24.3 Å². The lowest BCUT2D eigenvalue weighted by Gasteiger charge is -2.38. The monoisotopic (exact) mass is 233 g/mol. The van der Waals surface area contributed by atoms with E-state index in [1.54, 1.807) is 0 Å². The highest BCUT2D eigenvalue weighted by molar-refractivity contribution is 8.32. The summed E-state index contributed by atoms with van der Waals surface area (Å²) in [5.41, 5.74) is 0. The Morgan fingerprint density at radius 3 is 2.40 bits per heavy atom. The van der Waals surface area contributed by atoms with Gasteiger partial charge in [-0.1, -0.05) is 6.42 Å². The van der Waals surface area contributed by atoms with Crippen molar-refractivity contribution in [2.24, 2.45) is 5.14 Å². The van der Waals surface area contributed by atoms with E-state index in [-0.39, 0.29) is 12.2 Å². The molecule has 0 aliphatic carbocycles. The fraction of sp³-hybridized carbons (Fsp3) is 0.800. The molecule has 5 heteroatoms. The van der Waals surface area contributed by atoms with Crippen molar-refractivity contribution < 1.29 is 14.3 Å². The minimum atomic E-state index is -1.25. The molecule has 1 aliphatic heterocycles. The van der Waals surface area contributed by atoms with E-state index < -0.39 is 16.2 Å². The SMILES string of the molecule is COC(=O)CC(=O)CS1(N)CCCCC1. The van der Waals surface area contributed by atoms with Crippen LogP contribution in [0.4, 0.5) is 0 Å². The zero-order valence-electron chi connectivity index (χ0n) is 9.16. The Kier molecular flexibility index (Phi) is 4.60. The normalized spacial score (nSPS) is 21.7. The molecule has 88 valence electrons. The molecule has 0 aromatic heterocycles. The Balaban J connectivity index is 2.38. The number of hydrogen-bond donors (Lipinski definition) is 1. The highest BCUT2D eigenvalue weighted by Gasteiger charge is 2.25. The van der Waals surface area contributed by atoms with Crippen LogP contribution >= 0.6 is 10.2 Å². The zero-order valence-corrected chi connectivity index (χ0v) is 9.98. The van der Waals surface area contributed by atoms with Crippen molar-refractivity contribution in [1.29, 1.82) is 0 Å². The van der Waals surface area contributed by atoms with E-state index in [0.29, 0.717) is 5.75 Å². The van der Waals surface area contributed by atoms with Crippen molar-refractivity contribution in [1.82, 2.24) is 0 Å². The van der Waals surface area contributed by atoms with E-state index in [1.165, 1.54) is 13.5 Å². The summed E-state index contributed by atoms with van der Waals surface area (Å²) in [7, 11) is 0.0423. The van der Waals surface area contributed by atoms with Gasteiger partial charge < -0.3 is 4.74 Å². The van der Waals surface area contributed by atoms with Gasteiger partial charge in [0.1, 0.15) is 6.42 Å². The number of carbonyl (C=O) groups is 2. The highest BCUT2D eigenvalue weighted by Crippen LogP contribution is 2.44. The Morgan fingerprint density at radius 2 is 1.87 bits per heavy atom. The van der Waals surface area contributed by atoms with Gasteiger partial charge in [-0.3, -0.25) is 14.7 Å². The number of hydrogen-bond acceptors (Lipinski definition) is 4. The van der Waals surface area contributed by atoms with Crippen molar-refractivity contribution in [2.75, 3.05) is 24.4 Å². The third-order valence-corrected chi connectivity index (χ3v) is 5.72. The molecule has 0 spiro atoms. The van der Waals surface area contributed by atoms with Gasteiger partial charge in [0.2, 0.25) is 0 Å². The van der Waals surface area contributed by atoms with Crippen molar-refractivity contribution in [2.45, 2.75) is 25.7 Å². The van der Waals surface area contributed by atoms with Crippen molar-refractivity contribution >= 4 is 22.0 Å². The smallest absolute Gasteiger partial charge is 0.313 e. The Labute approximate surface area is 92.0 Å². The maximum absolute atomic E-state index is 11.5. The van der Waals surface area contributed by atoms with Crippen molar-refractivity contribution in [3.8, 4) is 0 Å². The second-order valence-electron chi connectivity index (χ2n) is 4.02. The molecule has 4 nitrogen and oxygen atoms in total. The molecule has 0 bridgehead atoms. The zero-order chi connectivity index (χ0) is 11.3. The first-order chi connectivity index (χ1) is 7.06. The number of ether oxygens (including phenoxy) is 1. The van der Waals surface area contributed by atoms with Crippen LogP contribution in [-0.2, 0) is 14.3 Å². The van der Waals surface area contributed by atoms with E-state index in [9.17, 15) is 9.59 Å². The Hall–Kier alpha value is -0.550. The molecule has 0 atom stereocenters. The average Bonchev–Trinajstić information content (AvgIpc) is 2.17. The van der Waals surface area contributed by atoms with E-state index in [1.807, 2.05) is 0 Å². The average molecular weight is 233 g/mol. The van der Waals surface area contributed by atoms with Gasteiger partial charge >= 0.3 is 5.97 Å². The first-order valence-electron chi connectivity index (χ1n) is 5.18. The summed E-state index contributed by atoms with van der Waals surface area (Å²) in [4.78, 5) is 22.4. The summed E-state index contributed by atoms with van der Waals surface area (Å²) in [6.45, 7) is 0. The van der Waals surface area contributed by atoms with Crippen molar-refractivity contribution in [3.05, 3.63) is 0 Å². The van der Waals surface area contributed by atoms with Crippen LogP contribution in [0.15, 0.2) is 0 Å². The summed E-state index contributed by atoms with van der Waals surface area (Å²) in [6, 6.07) is 0. The quantitative estimate of drug-likeness (QED) is 0.580. The van der Waals surface area contributed by atoms with Crippen LogP contribution < -0.4 is 5.14 Å². The highest BCUT2D eigenvalue weighted by atomic mass is 32.3. The molecule has 1 heterocycles. The lowest BCUT2D eigenvalue weighted by molar-refractivity contribution is -0.142. The van der Waals surface area contributed by atoms with E-state index in [4.69, 9.17) is 5.14 Å².